The minimum Gasteiger partial charge on any atom is -0.378 e. The molecule has 0 saturated carbocycles. The van der Waals surface area contributed by atoms with E-state index in [0.717, 1.165) is 64.7 Å². The lowest BCUT2D eigenvalue weighted by Gasteiger charge is -2.29. The topological polar surface area (TPSA) is 50.5 Å². The number of quaternary nitrogens is 2. The van der Waals surface area contributed by atoms with E-state index in [4.69, 9.17) is 4.74 Å². The molecule has 0 radical (unpaired) electrons. The molecule has 28 heavy (non-hydrogen) atoms. The van der Waals surface area contributed by atoms with Gasteiger partial charge in [0.15, 0.2) is 6.54 Å². The van der Waals surface area contributed by atoms with E-state index >= 15 is 0 Å². The Kier molecular flexibility index (Phi) is 6.59. The monoisotopic (exact) mass is 402 g/mol. The van der Waals surface area contributed by atoms with Crippen LogP contribution in [0.5, 0.6) is 0 Å². The highest BCUT2D eigenvalue weighted by atomic mass is 32.1. The van der Waals surface area contributed by atoms with Crippen molar-refractivity contribution in [3.8, 4) is 0 Å². The van der Waals surface area contributed by atoms with Crippen LogP contribution in [-0.4, -0.2) is 64.9 Å². The Balaban J connectivity index is 1.20. The van der Waals surface area contributed by atoms with Crippen molar-refractivity contribution < 1.29 is 19.3 Å². The number of benzene rings is 1. The summed E-state index contributed by atoms with van der Waals surface area (Å²) in [5.74, 6) is 0.107. The molecule has 2 aliphatic rings. The van der Waals surface area contributed by atoms with Crippen LogP contribution in [0.25, 0.3) is 0 Å². The number of hydrogen-bond acceptors (Lipinski definition) is 4. The van der Waals surface area contributed by atoms with Crippen molar-refractivity contribution in [3.05, 3.63) is 46.7 Å². The van der Waals surface area contributed by atoms with E-state index in [1.807, 2.05) is 23.5 Å². The van der Waals surface area contributed by atoms with Gasteiger partial charge in [0.1, 0.15) is 32.7 Å². The lowest BCUT2D eigenvalue weighted by Crippen LogP contribution is -3.28. The van der Waals surface area contributed by atoms with Gasteiger partial charge in [-0.3, -0.25) is 4.79 Å². The third kappa shape index (κ3) is 5.32. The first kappa shape index (κ1) is 19.4. The number of morpholine rings is 1. The normalized spacial score (nSPS) is 22.8. The number of nitrogens with one attached hydrogen (secondary N) is 3. The molecule has 2 fully saturated rings. The number of amides is 1. The SMILES string of the molecule is O=C(C[NH+]1CC[NH+](Cc2cccs2)CC1)Nc1ccc(N2CCOCC2)cc1. The number of anilines is 2. The van der Waals surface area contributed by atoms with Crippen molar-refractivity contribution in [3.63, 3.8) is 0 Å². The van der Waals surface area contributed by atoms with E-state index in [9.17, 15) is 4.79 Å². The van der Waals surface area contributed by atoms with Gasteiger partial charge < -0.3 is 24.8 Å². The van der Waals surface area contributed by atoms with Crippen LogP contribution in [0.3, 0.4) is 0 Å². The zero-order valence-electron chi connectivity index (χ0n) is 16.3. The molecule has 0 unspecified atom stereocenters. The number of rotatable bonds is 6. The summed E-state index contributed by atoms with van der Waals surface area (Å²) in [7, 11) is 0. The summed E-state index contributed by atoms with van der Waals surface area (Å²) >= 11 is 1.84. The minimum absolute atomic E-state index is 0.107. The lowest BCUT2D eigenvalue weighted by atomic mass is 10.2. The molecule has 7 heteroatoms. The van der Waals surface area contributed by atoms with Crippen LogP contribution >= 0.6 is 11.3 Å². The van der Waals surface area contributed by atoms with Crippen LogP contribution in [0.15, 0.2) is 41.8 Å². The van der Waals surface area contributed by atoms with E-state index in [-0.39, 0.29) is 5.91 Å². The van der Waals surface area contributed by atoms with Crippen LogP contribution in [-0.2, 0) is 16.1 Å². The summed E-state index contributed by atoms with van der Waals surface area (Å²) in [6.45, 7) is 9.47. The van der Waals surface area contributed by atoms with Crippen molar-refractivity contribution in [2.45, 2.75) is 6.54 Å². The Labute approximate surface area is 170 Å². The van der Waals surface area contributed by atoms with Crippen molar-refractivity contribution in [2.24, 2.45) is 0 Å². The molecule has 0 bridgehead atoms. The smallest absolute Gasteiger partial charge is 0.279 e. The number of thiophene rings is 1. The first-order valence-electron chi connectivity index (χ1n) is 10.2. The van der Waals surface area contributed by atoms with Crippen LogP contribution in [0.2, 0.25) is 0 Å². The van der Waals surface area contributed by atoms with Gasteiger partial charge in [-0.05, 0) is 35.7 Å². The third-order valence-corrected chi connectivity index (χ3v) is 6.48. The fraction of sp³-hybridized carbons (Fsp3) is 0.476. The van der Waals surface area contributed by atoms with Crippen molar-refractivity contribution in [1.82, 2.24) is 0 Å². The van der Waals surface area contributed by atoms with Gasteiger partial charge in [0.2, 0.25) is 0 Å². The molecular weight excluding hydrogens is 372 g/mol. The molecule has 2 saturated heterocycles. The number of hydrogen-bond donors (Lipinski definition) is 3. The van der Waals surface area contributed by atoms with Crippen LogP contribution in [0.1, 0.15) is 4.88 Å². The average molecular weight is 403 g/mol. The summed E-state index contributed by atoms with van der Waals surface area (Å²) in [5.41, 5.74) is 2.07. The van der Waals surface area contributed by atoms with Crippen molar-refractivity contribution in [1.29, 1.82) is 0 Å². The highest BCUT2D eigenvalue weighted by Gasteiger charge is 2.25. The quantitative estimate of drug-likeness (QED) is 0.611. The van der Waals surface area contributed by atoms with Gasteiger partial charge >= 0.3 is 0 Å². The van der Waals surface area contributed by atoms with Gasteiger partial charge in [-0.15, -0.1) is 11.3 Å². The fourth-order valence-corrected chi connectivity index (χ4v) is 4.76. The molecule has 150 valence electrons. The molecule has 0 spiro atoms. The summed E-state index contributed by atoms with van der Waals surface area (Å²) in [4.78, 5) is 19.2. The summed E-state index contributed by atoms with van der Waals surface area (Å²) in [6, 6.07) is 12.5. The summed E-state index contributed by atoms with van der Waals surface area (Å²) in [5, 5.41) is 5.21. The molecule has 0 atom stereocenters. The van der Waals surface area contributed by atoms with E-state index in [0.29, 0.717) is 6.54 Å². The van der Waals surface area contributed by atoms with E-state index in [2.05, 4.69) is 39.9 Å². The zero-order valence-corrected chi connectivity index (χ0v) is 17.1. The molecule has 3 N–H and O–H groups in total. The van der Waals surface area contributed by atoms with Crippen molar-refractivity contribution >= 4 is 28.6 Å². The second-order valence-electron chi connectivity index (χ2n) is 7.63. The number of nitrogens with zero attached hydrogens (tertiary/aromatic N) is 1. The molecule has 0 aliphatic carbocycles. The third-order valence-electron chi connectivity index (χ3n) is 5.61. The van der Waals surface area contributed by atoms with Crippen molar-refractivity contribution in [2.75, 3.05) is 69.2 Å². The Morgan fingerprint density at radius 3 is 2.43 bits per heavy atom. The van der Waals surface area contributed by atoms with Crippen LogP contribution in [0, 0.1) is 0 Å². The Morgan fingerprint density at radius 2 is 1.75 bits per heavy atom. The molecule has 2 aromatic rings. The maximum absolute atomic E-state index is 12.4. The zero-order chi connectivity index (χ0) is 19.2. The molecule has 1 amide bonds. The first-order valence-corrected chi connectivity index (χ1v) is 11.1. The first-order chi connectivity index (χ1) is 13.8. The predicted molar refractivity (Wildman–Crippen MR) is 112 cm³/mol. The van der Waals surface area contributed by atoms with E-state index in [1.165, 1.54) is 15.5 Å². The Hall–Kier alpha value is -1.93. The summed E-state index contributed by atoms with van der Waals surface area (Å²) < 4.78 is 5.40. The standard InChI is InChI=1S/C21H28N4O2S/c26-21(17-24-9-7-23(8-10-24)16-20-2-1-15-28-20)22-18-3-5-19(6-4-18)25-11-13-27-14-12-25/h1-6,15H,7-14,16-17H2,(H,22,26)/p+2. The number of ether oxygens (including phenoxy) is 1. The molecule has 1 aromatic heterocycles. The van der Waals surface area contributed by atoms with Gasteiger partial charge in [0, 0.05) is 24.5 Å². The van der Waals surface area contributed by atoms with Crippen LogP contribution in [0.4, 0.5) is 11.4 Å². The molecular formula is C21H30N4O2S+2. The lowest BCUT2D eigenvalue weighted by molar-refractivity contribution is -1.01. The number of carbonyl (C=O) groups excluding carboxylic acids is 1. The highest BCUT2D eigenvalue weighted by molar-refractivity contribution is 7.09. The average Bonchev–Trinajstić information content (AvgIpc) is 3.24. The van der Waals surface area contributed by atoms with Gasteiger partial charge in [-0.1, -0.05) is 6.07 Å². The minimum atomic E-state index is 0.107. The molecule has 4 rings (SSSR count). The Morgan fingerprint density at radius 1 is 1.04 bits per heavy atom. The molecule has 6 nitrogen and oxygen atoms in total. The van der Waals surface area contributed by atoms with E-state index < -0.39 is 0 Å². The summed E-state index contributed by atoms with van der Waals surface area (Å²) in [6.07, 6.45) is 0. The number of piperazine rings is 1. The highest BCUT2D eigenvalue weighted by Crippen LogP contribution is 2.18. The molecule has 3 heterocycles. The maximum atomic E-state index is 12.4. The van der Waals surface area contributed by atoms with Gasteiger partial charge in [-0.2, -0.15) is 0 Å². The van der Waals surface area contributed by atoms with Gasteiger partial charge in [0.25, 0.3) is 5.91 Å². The predicted octanol–water partition coefficient (Wildman–Crippen LogP) is -0.493. The fourth-order valence-electron chi connectivity index (χ4n) is 3.98. The van der Waals surface area contributed by atoms with Gasteiger partial charge in [-0.25, -0.2) is 0 Å². The second-order valence-corrected chi connectivity index (χ2v) is 8.66. The second kappa shape index (κ2) is 9.52. The van der Waals surface area contributed by atoms with Gasteiger partial charge in [0.05, 0.1) is 18.1 Å². The Bertz CT molecular complexity index is 736. The van der Waals surface area contributed by atoms with Crippen LogP contribution < -0.4 is 20.0 Å². The number of carbonyl (C=O) groups is 1. The van der Waals surface area contributed by atoms with E-state index in [1.54, 1.807) is 4.90 Å². The molecule has 1 aromatic carbocycles. The largest absolute Gasteiger partial charge is 0.378 e. The maximum Gasteiger partial charge on any atom is 0.279 e. The molecule has 2 aliphatic heterocycles.